The van der Waals surface area contributed by atoms with Gasteiger partial charge in [0.2, 0.25) is 0 Å². The SMILES string of the molecule is CC(N)c1nc(C(=O)NCCCN)cs1. The average molecular weight is 228 g/mol. The second-order valence-corrected chi connectivity index (χ2v) is 4.15. The number of hydrogen-bond acceptors (Lipinski definition) is 5. The molecule has 1 amide bonds. The van der Waals surface area contributed by atoms with Gasteiger partial charge in [0.1, 0.15) is 10.7 Å². The van der Waals surface area contributed by atoms with E-state index in [4.69, 9.17) is 11.5 Å². The highest BCUT2D eigenvalue weighted by Gasteiger charge is 2.11. The molecular weight excluding hydrogens is 212 g/mol. The zero-order valence-electron chi connectivity index (χ0n) is 8.69. The van der Waals surface area contributed by atoms with Crippen LogP contribution in [-0.2, 0) is 0 Å². The van der Waals surface area contributed by atoms with Gasteiger partial charge in [0.15, 0.2) is 0 Å². The Kier molecular flexibility index (Phi) is 4.67. The summed E-state index contributed by atoms with van der Waals surface area (Å²) < 4.78 is 0. The molecule has 0 aliphatic rings. The van der Waals surface area contributed by atoms with Gasteiger partial charge in [-0.2, -0.15) is 0 Å². The Bertz CT molecular complexity index is 324. The first-order valence-corrected chi connectivity index (χ1v) is 5.72. The van der Waals surface area contributed by atoms with Crippen LogP contribution >= 0.6 is 11.3 Å². The predicted molar refractivity (Wildman–Crippen MR) is 60.7 cm³/mol. The second kappa shape index (κ2) is 5.79. The summed E-state index contributed by atoms with van der Waals surface area (Å²) in [5, 5.41) is 5.23. The number of hydrogen-bond donors (Lipinski definition) is 3. The van der Waals surface area contributed by atoms with Crippen LogP contribution in [-0.4, -0.2) is 24.0 Å². The highest BCUT2D eigenvalue weighted by molar-refractivity contribution is 7.09. The van der Waals surface area contributed by atoms with E-state index < -0.39 is 0 Å². The Labute approximate surface area is 92.9 Å². The summed E-state index contributed by atoms with van der Waals surface area (Å²) in [6, 6.07) is -0.124. The molecule has 0 saturated carbocycles. The maximum Gasteiger partial charge on any atom is 0.270 e. The summed E-state index contributed by atoms with van der Waals surface area (Å²) in [7, 11) is 0. The van der Waals surface area contributed by atoms with Gasteiger partial charge in [-0.1, -0.05) is 0 Å². The number of nitrogens with zero attached hydrogens (tertiary/aromatic N) is 1. The van der Waals surface area contributed by atoms with E-state index in [-0.39, 0.29) is 11.9 Å². The van der Waals surface area contributed by atoms with Crippen molar-refractivity contribution in [3.63, 3.8) is 0 Å². The monoisotopic (exact) mass is 228 g/mol. The highest BCUT2D eigenvalue weighted by atomic mass is 32.1. The minimum atomic E-state index is -0.161. The quantitative estimate of drug-likeness (QED) is 0.629. The van der Waals surface area contributed by atoms with Gasteiger partial charge >= 0.3 is 0 Å². The van der Waals surface area contributed by atoms with E-state index in [9.17, 15) is 4.79 Å². The predicted octanol–water partition coefficient (Wildman–Crippen LogP) is 0.241. The van der Waals surface area contributed by atoms with Crippen molar-refractivity contribution in [2.45, 2.75) is 19.4 Å². The minimum absolute atomic E-state index is 0.124. The number of nitrogens with one attached hydrogen (secondary N) is 1. The van der Waals surface area contributed by atoms with E-state index in [0.29, 0.717) is 18.8 Å². The van der Waals surface area contributed by atoms with Crippen LogP contribution in [0.3, 0.4) is 0 Å². The highest BCUT2D eigenvalue weighted by Crippen LogP contribution is 2.15. The van der Waals surface area contributed by atoms with E-state index >= 15 is 0 Å². The second-order valence-electron chi connectivity index (χ2n) is 3.26. The van der Waals surface area contributed by atoms with Crippen molar-refractivity contribution in [1.82, 2.24) is 10.3 Å². The first kappa shape index (κ1) is 12.1. The Morgan fingerprint density at radius 2 is 2.47 bits per heavy atom. The Morgan fingerprint density at radius 1 is 1.73 bits per heavy atom. The van der Waals surface area contributed by atoms with Crippen LogP contribution in [0, 0.1) is 0 Å². The van der Waals surface area contributed by atoms with Crippen molar-refractivity contribution < 1.29 is 4.79 Å². The molecule has 1 rings (SSSR count). The molecular formula is C9H16N4OS. The Hall–Kier alpha value is -0.980. The summed E-state index contributed by atoms with van der Waals surface area (Å²) in [6.07, 6.45) is 0.774. The van der Waals surface area contributed by atoms with Gasteiger partial charge in [-0.15, -0.1) is 11.3 Å². The maximum atomic E-state index is 11.5. The maximum absolute atomic E-state index is 11.5. The Morgan fingerprint density at radius 3 is 3.00 bits per heavy atom. The van der Waals surface area contributed by atoms with Crippen molar-refractivity contribution in [2.75, 3.05) is 13.1 Å². The lowest BCUT2D eigenvalue weighted by atomic mass is 10.3. The molecule has 15 heavy (non-hydrogen) atoms. The summed E-state index contributed by atoms with van der Waals surface area (Å²) in [5.74, 6) is -0.161. The standard InChI is InChI=1S/C9H16N4OS/c1-6(11)9-13-7(5-15-9)8(14)12-4-2-3-10/h5-6H,2-4,10-11H2,1H3,(H,12,14). The first-order chi connectivity index (χ1) is 7.15. The lowest BCUT2D eigenvalue weighted by Gasteiger charge is -2.01. The van der Waals surface area contributed by atoms with Crippen LogP contribution in [0.25, 0.3) is 0 Å². The third kappa shape index (κ3) is 3.58. The topological polar surface area (TPSA) is 94.0 Å². The van der Waals surface area contributed by atoms with Crippen LogP contribution in [0.1, 0.15) is 34.9 Å². The van der Waals surface area contributed by atoms with E-state index in [0.717, 1.165) is 11.4 Å². The molecule has 0 aliphatic carbocycles. The fraction of sp³-hybridized carbons (Fsp3) is 0.556. The molecule has 1 unspecified atom stereocenters. The fourth-order valence-corrected chi connectivity index (χ4v) is 1.75. The molecule has 1 heterocycles. The largest absolute Gasteiger partial charge is 0.351 e. The van der Waals surface area contributed by atoms with Crippen LogP contribution in [0.15, 0.2) is 5.38 Å². The number of amides is 1. The molecule has 1 aromatic rings. The van der Waals surface area contributed by atoms with Gasteiger partial charge in [-0.3, -0.25) is 4.79 Å². The number of thiazole rings is 1. The lowest BCUT2D eigenvalue weighted by Crippen LogP contribution is -2.26. The molecule has 0 radical (unpaired) electrons. The smallest absolute Gasteiger partial charge is 0.270 e. The molecule has 5 N–H and O–H groups in total. The molecule has 0 spiro atoms. The van der Waals surface area contributed by atoms with Crippen molar-refractivity contribution >= 4 is 17.2 Å². The van der Waals surface area contributed by atoms with Crippen LogP contribution in [0.2, 0.25) is 0 Å². The average Bonchev–Trinajstić information content (AvgIpc) is 2.66. The van der Waals surface area contributed by atoms with Crippen LogP contribution in [0.4, 0.5) is 0 Å². The molecule has 0 aliphatic heterocycles. The Balaban J connectivity index is 2.51. The third-order valence-corrected chi connectivity index (χ3v) is 2.86. The molecule has 0 fully saturated rings. The van der Waals surface area contributed by atoms with Gasteiger partial charge in [0.05, 0.1) is 6.04 Å². The number of carbonyl (C=O) groups excluding carboxylic acids is 1. The summed E-state index contributed by atoms with van der Waals surface area (Å²) in [4.78, 5) is 15.6. The summed E-state index contributed by atoms with van der Waals surface area (Å²) in [5.41, 5.74) is 11.4. The van der Waals surface area contributed by atoms with E-state index in [1.54, 1.807) is 5.38 Å². The van der Waals surface area contributed by atoms with E-state index in [2.05, 4.69) is 10.3 Å². The number of aromatic nitrogens is 1. The fourth-order valence-electron chi connectivity index (χ4n) is 0.996. The minimum Gasteiger partial charge on any atom is -0.351 e. The molecule has 5 nitrogen and oxygen atoms in total. The van der Waals surface area contributed by atoms with Gasteiger partial charge in [0, 0.05) is 11.9 Å². The summed E-state index contributed by atoms with van der Waals surface area (Å²) >= 11 is 1.40. The van der Waals surface area contributed by atoms with E-state index in [1.165, 1.54) is 11.3 Å². The lowest BCUT2D eigenvalue weighted by molar-refractivity contribution is 0.0949. The first-order valence-electron chi connectivity index (χ1n) is 4.84. The van der Waals surface area contributed by atoms with Crippen molar-refractivity contribution in [1.29, 1.82) is 0 Å². The number of carbonyl (C=O) groups is 1. The normalized spacial score (nSPS) is 12.5. The van der Waals surface area contributed by atoms with Gasteiger partial charge in [-0.05, 0) is 19.9 Å². The van der Waals surface area contributed by atoms with Gasteiger partial charge < -0.3 is 16.8 Å². The molecule has 0 saturated heterocycles. The number of nitrogens with two attached hydrogens (primary N) is 2. The van der Waals surface area contributed by atoms with Crippen LogP contribution in [0.5, 0.6) is 0 Å². The zero-order valence-corrected chi connectivity index (χ0v) is 9.51. The zero-order chi connectivity index (χ0) is 11.3. The summed E-state index contributed by atoms with van der Waals surface area (Å²) in [6.45, 7) is 3.00. The molecule has 6 heteroatoms. The molecule has 1 aromatic heterocycles. The van der Waals surface area contributed by atoms with Crippen LogP contribution < -0.4 is 16.8 Å². The van der Waals surface area contributed by atoms with Crippen molar-refractivity contribution in [2.24, 2.45) is 11.5 Å². The molecule has 0 bridgehead atoms. The number of rotatable bonds is 5. The van der Waals surface area contributed by atoms with Gasteiger partial charge in [0.25, 0.3) is 5.91 Å². The molecule has 84 valence electrons. The van der Waals surface area contributed by atoms with Gasteiger partial charge in [-0.25, -0.2) is 4.98 Å². The van der Waals surface area contributed by atoms with Crippen molar-refractivity contribution in [3.05, 3.63) is 16.1 Å². The third-order valence-electron chi connectivity index (χ3n) is 1.81. The molecule has 0 aromatic carbocycles. The van der Waals surface area contributed by atoms with Crippen molar-refractivity contribution in [3.8, 4) is 0 Å². The van der Waals surface area contributed by atoms with E-state index in [1.807, 2.05) is 6.92 Å². The molecule has 1 atom stereocenters.